The zero-order valence-electron chi connectivity index (χ0n) is 25.0. The molecule has 3 aromatic heterocycles. The second kappa shape index (κ2) is 11.8. The first-order valence-corrected chi connectivity index (χ1v) is 15.7. The third-order valence-corrected chi connectivity index (χ3v) is 10.1. The van der Waals surface area contributed by atoms with Gasteiger partial charge in [0.15, 0.2) is 0 Å². The van der Waals surface area contributed by atoms with Crippen molar-refractivity contribution in [1.82, 2.24) is 20.1 Å². The van der Waals surface area contributed by atoms with Gasteiger partial charge in [0.1, 0.15) is 0 Å². The number of pyridine rings is 1. The van der Waals surface area contributed by atoms with Crippen LogP contribution in [0.5, 0.6) is 0 Å². The van der Waals surface area contributed by atoms with Crippen molar-refractivity contribution in [3.8, 4) is 17.2 Å². The van der Waals surface area contributed by atoms with E-state index >= 15 is 0 Å². The monoisotopic (exact) mass is 612 g/mol. The fraction of sp³-hybridized carbons (Fsp3) is 0.424. The summed E-state index contributed by atoms with van der Waals surface area (Å²) in [7, 11) is 0. The van der Waals surface area contributed by atoms with Gasteiger partial charge in [-0.15, -0.1) is 11.3 Å². The quantitative estimate of drug-likeness (QED) is 0.284. The summed E-state index contributed by atoms with van der Waals surface area (Å²) in [5, 5.41) is 34.6. The van der Waals surface area contributed by atoms with Crippen molar-refractivity contribution < 1.29 is 15.0 Å². The Morgan fingerprint density at radius 2 is 2.00 bits per heavy atom. The van der Waals surface area contributed by atoms with Gasteiger partial charge in [0.2, 0.25) is 0 Å². The van der Waals surface area contributed by atoms with Crippen LogP contribution in [0.2, 0.25) is 0 Å². The normalized spacial score (nSPS) is 22.0. The molecule has 3 N–H and O–H groups in total. The first kappa shape index (κ1) is 29.9. The Morgan fingerprint density at radius 1 is 1.20 bits per heavy atom. The van der Waals surface area contributed by atoms with E-state index in [1.54, 1.807) is 23.6 Å². The fourth-order valence-electron chi connectivity index (χ4n) is 6.60. The number of anilines is 1. The molecule has 0 bridgehead atoms. The van der Waals surface area contributed by atoms with E-state index in [2.05, 4.69) is 65.3 Å². The number of hydrogen-bond donors (Lipinski definition) is 3. The number of rotatable bonds is 5. The smallest absolute Gasteiger partial charge is 0.290 e. The van der Waals surface area contributed by atoms with Crippen molar-refractivity contribution in [3.63, 3.8) is 0 Å². The van der Waals surface area contributed by atoms with E-state index in [-0.39, 0.29) is 30.1 Å². The number of aliphatic hydroxyl groups excluding tert-OH is 1. The Morgan fingerprint density at radius 3 is 2.68 bits per heavy atom. The minimum absolute atomic E-state index is 0.111. The molecule has 2 fully saturated rings. The molecule has 7 rings (SSSR count). The van der Waals surface area contributed by atoms with Crippen molar-refractivity contribution in [1.29, 1.82) is 5.26 Å². The molecule has 5 heterocycles. The van der Waals surface area contributed by atoms with Crippen LogP contribution in [0.25, 0.3) is 21.3 Å². The largest absolute Gasteiger partial charge is 0.483 e. The fourth-order valence-corrected chi connectivity index (χ4v) is 7.72. The van der Waals surface area contributed by atoms with Crippen LogP contribution in [0.3, 0.4) is 0 Å². The lowest BCUT2D eigenvalue weighted by Crippen LogP contribution is -2.41. The maximum Gasteiger partial charge on any atom is 0.290 e. The molecule has 0 unspecified atom stereocenters. The molecule has 1 aromatic carbocycles. The molecule has 0 spiro atoms. The van der Waals surface area contributed by atoms with E-state index in [1.165, 1.54) is 15.9 Å². The second-order valence-electron chi connectivity index (χ2n) is 12.9. The predicted octanol–water partition coefficient (Wildman–Crippen LogP) is 4.08. The zero-order chi connectivity index (χ0) is 31.2. The molecule has 0 radical (unpaired) electrons. The van der Waals surface area contributed by atoms with E-state index in [0.29, 0.717) is 30.0 Å². The van der Waals surface area contributed by atoms with Crippen LogP contribution >= 0.6 is 11.3 Å². The summed E-state index contributed by atoms with van der Waals surface area (Å²) in [6.07, 6.45) is 5.69. The van der Waals surface area contributed by atoms with Gasteiger partial charge in [-0.1, -0.05) is 20.8 Å². The van der Waals surface area contributed by atoms with E-state index < -0.39 is 0 Å². The maximum absolute atomic E-state index is 12.9. The summed E-state index contributed by atoms with van der Waals surface area (Å²) < 4.78 is 2.56. The van der Waals surface area contributed by atoms with Crippen LogP contribution < -0.4 is 15.8 Å². The lowest BCUT2D eigenvalue weighted by molar-refractivity contribution is -0.122. The highest BCUT2D eigenvalue weighted by molar-refractivity contribution is 7.19. The Kier molecular flexibility index (Phi) is 8.01. The minimum atomic E-state index is -0.250. The number of carboxylic acid groups (broad SMARTS) is 1. The number of nitrogens with zero attached hydrogens (tertiary/aromatic N) is 5. The number of nitriles is 1. The van der Waals surface area contributed by atoms with Gasteiger partial charge in [-0.2, -0.15) is 10.4 Å². The second-order valence-corrected chi connectivity index (χ2v) is 14.0. The molecule has 44 heavy (non-hydrogen) atoms. The van der Waals surface area contributed by atoms with E-state index in [4.69, 9.17) is 9.90 Å². The minimum Gasteiger partial charge on any atom is -0.483 e. The summed E-state index contributed by atoms with van der Waals surface area (Å²) in [5.74, 6) is 1.13. The van der Waals surface area contributed by atoms with Gasteiger partial charge >= 0.3 is 0 Å². The Hall–Kier alpha value is -4.11. The average molecular weight is 613 g/mol. The summed E-state index contributed by atoms with van der Waals surface area (Å²) in [6, 6.07) is 12.7. The van der Waals surface area contributed by atoms with Crippen LogP contribution in [0.15, 0.2) is 47.5 Å². The molecular weight excluding hydrogens is 576 g/mol. The van der Waals surface area contributed by atoms with E-state index in [1.807, 2.05) is 12.3 Å². The van der Waals surface area contributed by atoms with Crippen molar-refractivity contribution in [2.75, 3.05) is 24.6 Å². The predicted molar refractivity (Wildman–Crippen MR) is 170 cm³/mol. The molecule has 3 aliphatic rings. The molecule has 2 aliphatic heterocycles. The van der Waals surface area contributed by atoms with E-state index in [0.717, 1.165) is 57.7 Å². The number of hydrogen-bond acceptors (Lipinski definition) is 9. The zero-order valence-corrected chi connectivity index (χ0v) is 25.8. The number of benzene rings is 1. The van der Waals surface area contributed by atoms with Gasteiger partial charge in [0, 0.05) is 59.1 Å². The average Bonchev–Trinajstić information content (AvgIpc) is 3.43. The molecule has 1 aliphatic carbocycles. The maximum atomic E-state index is 12.9. The standard InChI is InChI=1S/C32H34N6O2S.CH2O2/c1-32(2,3)20-9-29(40)38(36-13-20)16-23-11-28-31(41-23)24(4-5-34-28)26-6-18(12-33)7-27-25-8-19(25)15-37(30(26)27)22-10-21(17-39)35-14-22;2-1-3/h4-7,9,11,13,19,21-22,25,35,39H,8,10,14-17H2,1-3H3;1H,(H,2,3)/t19-,21-,22+,25-;/m1./s1. The number of aromatic nitrogens is 3. The van der Waals surface area contributed by atoms with Crippen molar-refractivity contribution in [2.24, 2.45) is 5.92 Å². The van der Waals surface area contributed by atoms with Gasteiger partial charge in [0.25, 0.3) is 12.0 Å². The summed E-state index contributed by atoms with van der Waals surface area (Å²) in [5.41, 5.74) is 6.88. The van der Waals surface area contributed by atoms with Crippen LogP contribution in [0.4, 0.5) is 5.69 Å². The van der Waals surface area contributed by atoms with Crippen LogP contribution in [-0.2, 0) is 16.8 Å². The Balaban J connectivity index is 0.00000110. The molecule has 10 nitrogen and oxygen atoms in total. The molecule has 4 atom stereocenters. The number of fused-ring (bicyclic) bond motifs is 4. The van der Waals surface area contributed by atoms with Crippen LogP contribution in [0.1, 0.15) is 61.1 Å². The lowest BCUT2D eigenvalue weighted by Gasteiger charge is -2.37. The first-order chi connectivity index (χ1) is 21.1. The van der Waals surface area contributed by atoms with Crippen molar-refractivity contribution in [3.05, 3.63) is 74.6 Å². The number of thiophene rings is 1. The van der Waals surface area contributed by atoms with Crippen LogP contribution in [0, 0.1) is 17.2 Å². The highest BCUT2D eigenvalue weighted by atomic mass is 32.1. The third-order valence-electron chi connectivity index (χ3n) is 8.96. The highest BCUT2D eigenvalue weighted by Crippen LogP contribution is 2.58. The number of carbonyl (C=O) groups is 1. The Labute approximate surface area is 259 Å². The lowest BCUT2D eigenvalue weighted by atomic mass is 9.89. The Bertz CT molecular complexity index is 1820. The summed E-state index contributed by atoms with van der Waals surface area (Å²) in [6.45, 7) is 8.34. The SMILES string of the molecule is CC(C)(C)c1cnn(Cc2cc3nccc(-c4cc(C#N)cc5c4N([C@@H]4CN[C@@H](CO)C4)C[C@H]4C[C@@H]54)c3s2)c(=O)c1.O=CO. The van der Waals surface area contributed by atoms with Gasteiger partial charge in [-0.3, -0.25) is 14.6 Å². The molecule has 4 aromatic rings. The summed E-state index contributed by atoms with van der Waals surface area (Å²) >= 11 is 1.64. The topological polar surface area (TPSA) is 144 Å². The number of nitrogens with one attached hydrogen (secondary N) is 1. The van der Waals surface area contributed by atoms with Gasteiger partial charge in [-0.05, 0) is 65.5 Å². The molecule has 1 saturated carbocycles. The van der Waals surface area contributed by atoms with E-state index in [9.17, 15) is 15.2 Å². The molecule has 228 valence electrons. The molecule has 11 heteroatoms. The van der Waals surface area contributed by atoms with Gasteiger partial charge in [0.05, 0.1) is 41.2 Å². The van der Waals surface area contributed by atoms with Crippen molar-refractivity contribution >= 4 is 33.7 Å². The molecule has 1 saturated heterocycles. The van der Waals surface area contributed by atoms with Crippen LogP contribution in [-0.4, -0.2) is 63.2 Å². The summed E-state index contributed by atoms with van der Waals surface area (Å²) in [4.78, 5) is 29.5. The van der Waals surface area contributed by atoms with Gasteiger partial charge < -0.3 is 20.4 Å². The molecular formula is C33H36N6O4S. The number of aliphatic hydroxyl groups is 1. The van der Waals surface area contributed by atoms with Gasteiger partial charge in [-0.25, -0.2) is 4.68 Å². The first-order valence-electron chi connectivity index (χ1n) is 14.9. The van der Waals surface area contributed by atoms with Crippen molar-refractivity contribution in [2.45, 2.75) is 63.6 Å². The highest BCUT2D eigenvalue weighted by Gasteiger charge is 2.48. The molecule has 0 amide bonds. The third kappa shape index (κ3) is 5.61.